The second-order valence-corrected chi connectivity index (χ2v) is 6.79. The third-order valence-electron chi connectivity index (χ3n) is 5.26. The number of likely N-dealkylation sites (N-methyl/N-ethyl adjacent to an activating group) is 1. The summed E-state index contributed by atoms with van der Waals surface area (Å²) in [7, 11) is 0. The average molecular weight is 314 g/mol. The number of benzene rings is 1. The van der Waals surface area contributed by atoms with Gasteiger partial charge in [0.2, 0.25) is 0 Å². The number of hydrogen-bond acceptors (Lipinski definition) is 3. The van der Waals surface area contributed by atoms with Gasteiger partial charge in [0.25, 0.3) is 0 Å². The number of hydrogen-bond donors (Lipinski definition) is 1. The largest absolute Gasteiger partial charge is 0.342 e. The van der Waals surface area contributed by atoms with Crippen LogP contribution in [0.25, 0.3) is 11.0 Å². The normalized spacial score (nSPS) is 17.4. The summed E-state index contributed by atoms with van der Waals surface area (Å²) in [5.74, 6) is 1.78. The highest BCUT2D eigenvalue weighted by Crippen LogP contribution is 2.27. The Labute approximate surface area is 139 Å². The lowest BCUT2D eigenvalue weighted by Crippen LogP contribution is -2.39. The molecular weight excluding hydrogens is 284 g/mol. The highest BCUT2D eigenvalue weighted by atomic mass is 15.2. The summed E-state index contributed by atoms with van der Waals surface area (Å²) in [5.41, 5.74) is 3.58. The lowest BCUT2D eigenvalue weighted by molar-refractivity contribution is 0.177. The van der Waals surface area contributed by atoms with Crippen molar-refractivity contribution in [3.63, 3.8) is 0 Å². The van der Waals surface area contributed by atoms with Gasteiger partial charge >= 0.3 is 0 Å². The van der Waals surface area contributed by atoms with Gasteiger partial charge in [-0.2, -0.15) is 0 Å². The second-order valence-electron chi connectivity index (χ2n) is 6.79. The van der Waals surface area contributed by atoms with Crippen LogP contribution in [-0.4, -0.2) is 59.0 Å². The summed E-state index contributed by atoms with van der Waals surface area (Å²) in [6.07, 6.45) is 2.44. The van der Waals surface area contributed by atoms with Crippen molar-refractivity contribution in [3.8, 4) is 0 Å². The minimum Gasteiger partial charge on any atom is -0.342 e. The molecule has 1 aromatic heterocycles. The molecule has 3 rings (SSSR count). The predicted molar refractivity (Wildman–Crippen MR) is 97.0 cm³/mol. The fourth-order valence-electron chi connectivity index (χ4n) is 3.59. The van der Waals surface area contributed by atoms with Crippen LogP contribution in [0.2, 0.25) is 0 Å². The van der Waals surface area contributed by atoms with Crippen molar-refractivity contribution in [2.24, 2.45) is 0 Å². The van der Waals surface area contributed by atoms with Gasteiger partial charge in [0.1, 0.15) is 5.82 Å². The van der Waals surface area contributed by atoms with Crippen LogP contribution in [0.1, 0.15) is 44.0 Å². The molecule has 0 saturated carbocycles. The van der Waals surface area contributed by atoms with Gasteiger partial charge < -0.3 is 14.8 Å². The number of rotatable bonds is 6. The highest BCUT2D eigenvalue weighted by molar-refractivity contribution is 5.75. The van der Waals surface area contributed by atoms with Crippen LogP contribution in [0, 0.1) is 6.92 Å². The molecule has 1 aliphatic rings. The van der Waals surface area contributed by atoms with Crippen LogP contribution in [0.3, 0.4) is 0 Å². The highest BCUT2D eigenvalue weighted by Gasteiger charge is 2.23. The Kier molecular flexibility index (Phi) is 5.34. The molecule has 1 aromatic carbocycles. The number of piperidine rings is 1. The fraction of sp³-hybridized carbons (Fsp3) is 0.632. The number of nitrogens with one attached hydrogen (secondary N) is 1. The van der Waals surface area contributed by atoms with Gasteiger partial charge in [-0.25, -0.2) is 4.98 Å². The maximum atomic E-state index is 4.82. The Morgan fingerprint density at radius 3 is 2.65 bits per heavy atom. The summed E-state index contributed by atoms with van der Waals surface area (Å²) >= 11 is 0. The summed E-state index contributed by atoms with van der Waals surface area (Å²) in [6.45, 7) is 13.7. The molecule has 23 heavy (non-hydrogen) atoms. The van der Waals surface area contributed by atoms with Gasteiger partial charge in [-0.15, -0.1) is 0 Å². The van der Waals surface area contributed by atoms with Crippen molar-refractivity contribution < 1.29 is 0 Å². The van der Waals surface area contributed by atoms with Crippen molar-refractivity contribution in [1.82, 2.24) is 19.8 Å². The molecule has 4 nitrogen and oxygen atoms in total. The topological polar surface area (TPSA) is 35.2 Å². The van der Waals surface area contributed by atoms with Gasteiger partial charge in [0.05, 0.1) is 11.0 Å². The standard InChI is InChI=1S/C19H30N4/c1-4-22(5-2)12-13-23-10-8-16(9-11-23)19-20-17-7-6-15(3)14-18(17)21-19/h6-7,14,16H,4-5,8-13H2,1-3H3,(H,20,21). The van der Waals surface area contributed by atoms with Crippen molar-refractivity contribution in [2.75, 3.05) is 39.3 Å². The zero-order valence-electron chi connectivity index (χ0n) is 14.8. The van der Waals surface area contributed by atoms with Crippen molar-refractivity contribution in [2.45, 2.75) is 39.5 Å². The Balaban J connectivity index is 1.55. The number of nitrogens with zero attached hydrogens (tertiary/aromatic N) is 3. The third kappa shape index (κ3) is 3.93. The van der Waals surface area contributed by atoms with Crippen molar-refractivity contribution in [1.29, 1.82) is 0 Å². The van der Waals surface area contributed by atoms with Crippen LogP contribution >= 0.6 is 0 Å². The molecule has 1 aliphatic heterocycles. The average Bonchev–Trinajstić information content (AvgIpc) is 2.99. The van der Waals surface area contributed by atoms with E-state index in [2.05, 4.69) is 53.8 Å². The molecule has 2 aromatic rings. The number of H-pyrrole nitrogens is 1. The van der Waals surface area contributed by atoms with E-state index in [1.54, 1.807) is 0 Å². The number of aromatic nitrogens is 2. The van der Waals surface area contributed by atoms with E-state index >= 15 is 0 Å². The molecule has 0 bridgehead atoms. The van der Waals surface area contributed by atoms with E-state index in [9.17, 15) is 0 Å². The van der Waals surface area contributed by atoms with Crippen LogP contribution in [0.5, 0.6) is 0 Å². The van der Waals surface area contributed by atoms with Gasteiger partial charge in [-0.3, -0.25) is 0 Å². The van der Waals surface area contributed by atoms with E-state index in [0.29, 0.717) is 5.92 Å². The second kappa shape index (κ2) is 7.45. The quantitative estimate of drug-likeness (QED) is 0.887. The van der Waals surface area contributed by atoms with E-state index < -0.39 is 0 Å². The van der Waals surface area contributed by atoms with Crippen molar-refractivity contribution >= 4 is 11.0 Å². The van der Waals surface area contributed by atoms with E-state index in [-0.39, 0.29) is 0 Å². The molecule has 126 valence electrons. The third-order valence-corrected chi connectivity index (χ3v) is 5.26. The summed E-state index contributed by atoms with van der Waals surface area (Å²) in [6, 6.07) is 6.47. The molecule has 0 atom stereocenters. The monoisotopic (exact) mass is 314 g/mol. The number of likely N-dealkylation sites (tertiary alicyclic amines) is 1. The zero-order valence-corrected chi connectivity index (χ0v) is 14.8. The van der Waals surface area contributed by atoms with Crippen molar-refractivity contribution in [3.05, 3.63) is 29.6 Å². The number of imidazole rings is 1. The molecular formula is C19H30N4. The molecule has 1 saturated heterocycles. The van der Waals surface area contributed by atoms with Gasteiger partial charge in [-0.1, -0.05) is 19.9 Å². The molecule has 4 heteroatoms. The number of fused-ring (bicyclic) bond motifs is 1. The minimum absolute atomic E-state index is 0.590. The maximum Gasteiger partial charge on any atom is 0.110 e. The molecule has 2 heterocycles. The van der Waals surface area contributed by atoms with Crippen LogP contribution < -0.4 is 0 Å². The minimum atomic E-state index is 0.590. The number of aryl methyl sites for hydroxylation is 1. The van der Waals surface area contributed by atoms with Crippen LogP contribution in [0.4, 0.5) is 0 Å². The predicted octanol–water partition coefficient (Wildman–Crippen LogP) is 3.39. The first-order valence-electron chi connectivity index (χ1n) is 9.10. The van der Waals surface area contributed by atoms with E-state index in [4.69, 9.17) is 4.98 Å². The Hall–Kier alpha value is -1.39. The number of aromatic amines is 1. The first-order chi connectivity index (χ1) is 11.2. The SMILES string of the molecule is CCN(CC)CCN1CCC(c2nc3ccc(C)cc3[nH]2)CC1. The molecule has 0 spiro atoms. The van der Waals surface area contributed by atoms with Gasteiger partial charge in [-0.05, 0) is 63.6 Å². The lowest BCUT2D eigenvalue weighted by Gasteiger charge is -2.32. The van der Waals surface area contributed by atoms with Crippen LogP contribution in [-0.2, 0) is 0 Å². The molecule has 0 amide bonds. The smallest absolute Gasteiger partial charge is 0.110 e. The summed E-state index contributed by atoms with van der Waals surface area (Å²) in [4.78, 5) is 13.5. The zero-order chi connectivity index (χ0) is 16.2. The Bertz CT molecular complexity index is 621. The van der Waals surface area contributed by atoms with E-state index in [0.717, 1.165) is 18.6 Å². The first-order valence-corrected chi connectivity index (χ1v) is 9.10. The summed E-state index contributed by atoms with van der Waals surface area (Å²) in [5, 5.41) is 0. The molecule has 1 fully saturated rings. The molecule has 0 unspecified atom stereocenters. The molecule has 1 N–H and O–H groups in total. The summed E-state index contributed by atoms with van der Waals surface area (Å²) < 4.78 is 0. The van der Waals surface area contributed by atoms with Gasteiger partial charge in [0, 0.05) is 19.0 Å². The molecule has 0 aliphatic carbocycles. The Morgan fingerprint density at radius 2 is 1.96 bits per heavy atom. The molecule has 0 radical (unpaired) electrons. The van der Waals surface area contributed by atoms with E-state index in [1.165, 1.54) is 55.9 Å². The first kappa shape index (κ1) is 16.5. The van der Waals surface area contributed by atoms with E-state index in [1.807, 2.05) is 0 Å². The lowest BCUT2D eigenvalue weighted by atomic mass is 9.96. The Morgan fingerprint density at radius 1 is 1.22 bits per heavy atom. The van der Waals surface area contributed by atoms with Gasteiger partial charge in [0.15, 0.2) is 0 Å². The maximum absolute atomic E-state index is 4.82. The van der Waals surface area contributed by atoms with Crippen LogP contribution in [0.15, 0.2) is 18.2 Å². The fourth-order valence-corrected chi connectivity index (χ4v) is 3.59.